The minimum Gasteiger partial charge on any atom is -0.204 e. The lowest BCUT2D eigenvalue weighted by molar-refractivity contribution is 0.517. The quantitative estimate of drug-likeness (QED) is 0.224. The van der Waals surface area contributed by atoms with Gasteiger partial charge in [-0.3, -0.25) is 0 Å². The van der Waals surface area contributed by atoms with E-state index in [1.54, 1.807) is 24.3 Å². The molecule has 0 saturated heterocycles. The van der Waals surface area contributed by atoms with Crippen LogP contribution in [-0.2, 0) is 19.3 Å². The van der Waals surface area contributed by atoms with E-state index in [0.717, 1.165) is 42.9 Å². The molecule has 32 heavy (non-hydrogen) atoms. The second-order valence-corrected chi connectivity index (χ2v) is 7.89. The zero-order valence-corrected chi connectivity index (χ0v) is 17.9. The van der Waals surface area contributed by atoms with Gasteiger partial charge >= 0.3 is 0 Å². The summed E-state index contributed by atoms with van der Waals surface area (Å²) in [4.78, 5) is 0. The van der Waals surface area contributed by atoms with Crippen LogP contribution >= 0.6 is 0 Å². The van der Waals surface area contributed by atoms with Crippen LogP contribution in [0.25, 0.3) is 10.8 Å². The van der Waals surface area contributed by atoms with Crippen molar-refractivity contribution in [3.8, 4) is 11.8 Å². The van der Waals surface area contributed by atoms with Crippen LogP contribution in [0.1, 0.15) is 34.2 Å². The van der Waals surface area contributed by atoms with Gasteiger partial charge in [-0.2, -0.15) is 0 Å². The van der Waals surface area contributed by atoms with Crippen molar-refractivity contribution in [1.82, 2.24) is 0 Å². The van der Waals surface area contributed by atoms with Crippen LogP contribution in [0.4, 0.5) is 8.78 Å². The first-order valence-electron chi connectivity index (χ1n) is 10.8. The van der Waals surface area contributed by atoms with Gasteiger partial charge in [-0.05, 0) is 78.1 Å². The smallest absolute Gasteiger partial charge is 0.166 e. The fourth-order valence-corrected chi connectivity index (χ4v) is 3.67. The average Bonchev–Trinajstić information content (AvgIpc) is 2.84. The first kappa shape index (κ1) is 21.5. The molecule has 0 bridgehead atoms. The SMILES string of the molecule is C=CCCc1ccc(CCc2ccc(C#Cc3ccc4c(F)c(F)ccc4c3)cc2)cc1. The van der Waals surface area contributed by atoms with Crippen molar-refractivity contribution in [2.75, 3.05) is 0 Å². The fourth-order valence-electron chi connectivity index (χ4n) is 3.67. The number of rotatable bonds is 6. The number of aryl methyl sites for hydroxylation is 3. The lowest BCUT2D eigenvalue weighted by Crippen LogP contribution is -1.92. The van der Waals surface area contributed by atoms with Crippen molar-refractivity contribution in [2.45, 2.75) is 25.7 Å². The summed E-state index contributed by atoms with van der Waals surface area (Å²) in [6, 6.07) is 24.9. The maximum atomic E-state index is 13.8. The first-order chi connectivity index (χ1) is 15.6. The Kier molecular flexibility index (Phi) is 6.78. The summed E-state index contributed by atoms with van der Waals surface area (Å²) in [5.74, 6) is 4.61. The van der Waals surface area contributed by atoms with E-state index in [1.807, 2.05) is 18.2 Å². The molecule has 2 heteroatoms. The van der Waals surface area contributed by atoms with E-state index in [2.05, 4.69) is 54.8 Å². The minimum atomic E-state index is -0.836. The second kappa shape index (κ2) is 10.1. The highest BCUT2D eigenvalue weighted by atomic mass is 19.2. The Morgan fingerprint density at radius 3 is 1.88 bits per heavy atom. The molecule has 4 rings (SSSR count). The molecule has 0 aliphatic carbocycles. The molecule has 0 unspecified atom stereocenters. The van der Waals surface area contributed by atoms with E-state index in [1.165, 1.54) is 16.7 Å². The lowest BCUT2D eigenvalue weighted by Gasteiger charge is -2.04. The van der Waals surface area contributed by atoms with Crippen LogP contribution in [0, 0.1) is 23.5 Å². The van der Waals surface area contributed by atoms with Crippen molar-refractivity contribution in [3.05, 3.63) is 131 Å². The molecule has 0 saturated carbocycles. The van der Waals surface area contributed by atoms with E-state index < -0.39 is 11.6 Å². The molecule has 0 aliphatic rings. The van der Waals surface area contributed by atoms with Gasteiger partial charge in [-0.1, -0.05) is 66.4 Å². The van der Waals surface area contributed by atoms with Gasteiger partial charge in [0.1, 0.15) is 0 Å². The monoisotopic (exact) mass is 422 g/mol. The standard InChI is InChI=1S/C30H24F2/c1-2-3-4-22-5-7-23(8-6-22)9-10-24-11-13-25(14-12-24)15-16-26-17-19-28-27(21-26)18-20-29(31)30(28)32/h2,5-8,11-14,17-21H,1,3-4,9-10H2. The van der Waals surface area contributed by atoms with Gasteiger partial charge in [0, 0.05) is 16.5 Å². The van der Waals surface area contributed by atoms with Gasteiger partial charge < -0.3 is 0 Å². The summed E-state index contributed by atoms with van der Waals surface area (Å²) in [6.45, 7) is 3.77. The largest absolute Gasteiger partial charge is 0.204 e. The lowest BCUT2D eigenvalue weighted by atomic mass is 10.0. The summed E-state index contributed by atoms with van der Waals surface area (Å²) >= 11 is 0. The van der Waals surface area contributed by atoms with E-state index in [-0.39, 0.29) is 5.39 Å². The molecule has 158 valence electrons. The van der Waals surface area contributed by atoms with Gasteiger partial charge in [-0.15, -0.1) is 6.58 Å². The van der Waals surface area contributed by atoms with Crippen molar-refractivity contribution in [2.24, 2.45) is 0 Å². The highest BCUT2D eigenvalue weighted by Crippen LogP contribution is 2.21. The molecular weight excluding hydrogens is 398 g/mol. The van der Waals surface area contributed by atoms with Crippen molar-refractivity contribution in [1.29, 1.82) is 0 Å². The number of hydrogen-bond acceptors (Lipinski definition) is 0. The van der Waals surface area contributed by atoms with Crippen molar-refractivity contribution in [3.63, 3.8) is 0 Å². The van der Waals surface area contributed by atoms with E-state index in [0.29, 0.717) is 5.39 Å². The number of fused-ring (bicyclic) bond motifs is 1. The normalized spacial score (nSPS) is 10.6. The average molecular weight is 423 g/mol. The first-order valence-corrected chi connectivity index (χ1v) is 10.8. The van der Waals surface area contributed by atoms with Crippen LogP contribution in [0.2, 0.25) is 0 Å². The summed E-state index contributed by atoms with van der Waals surface area (Å²) in [5, 5.41) is 0.908. The Bertz CT molecular complexity index is 1290. The molecule has 0 radical (unpaired) electrons. The fraction of sp³-hybridized carbons (Fsp3) is 0.133. The van der Waals surface area contributed by atoms with Crippen LogP contribution in [-0.4, -0.2) is 0 Å². The van der Waals surface area contributed by atoms with Crippen molar-refractivity contribution < 1.29 is 8.78 Å². The Morgan fingerprint density at radius 1 is 0.656 bits per heavy atom. The molecule has 0 nitrogen and oxygen atoms in total. The molecule has 0 N–H and O–H groups in total. The van der Waals surface area contributed by atoms with E-state index in [4.69, 9.17) is 0 Å². The van der Waals surface area contributed by atoms with Crippen molar-refractivity contribution >= 4 is 10.8 Å². The van der Waals surface area contributed by atoms with Crippen LogP contribution in [0.3, 0.4) is 0 Å². The highest BCUT2D eigenvalue weighted by molar-refractivity contribution is 5.84. The zero-order valence-electron chi connectivity index (χ0n) is 17.9. The van der Waals surface area contributed by atoms with Gasteiger partial charge in [0.25, 0.3) is 0 Å². The third-order valence-electron chi connectivity index (χ3n) is 5.57. The predicted molar refractivity (Wildman–Crippen MR) is 129 cm³/mol. The Labute approximate surface area is 188 Å². The maximum Gasteiger partial charge on any atom is 0.166 e. The van der Waals surface area contributed by atoms with E-state index in [9.17, 15) is 8.78 Å². The number of halogens is 2. The van der Waals surface area contributed by atoms with Gasteiger partial charge in [0.2, 0.25) is 0 Å². The predicted octanol–water partition coefficient (Wildman–Crippen LogP) is 7.42. The Hall–Kier alpha value is -3.70. The van der Waals surface area contributed by atoms with E-state index >= 15 is 0 Å². The van der Waals surface area contributed by atoms with Crippen LogP contribution in [0.15, 0.2) is 91.5 Å². The molecule has 0 atom stereocenters. The molecule has 0 aromatic heterocycles. The molecule has 0 heterocycles. The molecule has 4 aromatic rings. The highest BCUT2D eigenvalue weighted by Gasteiger charge is 2.06. The Balaban J connectivity index is 1.38. The van der Waals surface area contributed by atoms with Crippen LogP contribution in [0.5, 0.6) is 0 Å². The number of benzene rings is 4. The second-order valence-electron chi connectivity index (χ2n) is 7.89. The summed E-state index contributed by atoms with van der Waals surface area (Å²) in [7, 11) is 0. The van der Waals surface area contributed by atoms with Crippen LogP contribution < -0.4 is 0 Å². The summed E-state index contributed by atoms with van der Waals surface area (Å²) in [5.41, 5.74) is 5.65. The van der Waals surface area contributed by atoms with Gasteiger partial charge in [0.15, 0.2) is 11.6 Å². The minimum absolute atomic E-state index is 0.270. The van der Waals surface area contributed by atoms with Gasteiger partial charge in [-0.25, -0.2) is 8.78 Å². The summed E-state index contributed by atoms with van der Waals surface area (Å²) in [6.07, 6.45) is 5.98. The topological polar surface area (TPSA) is 0 Å². The zero-order chi connectivity index (χ0) is 22.3. The maximum absolute atomic E-state index is 13.8. The third kappa shape index (κ3) is 5.31. The number of hydrogen-bond donors (Lipinski definition) is 0. The molecule has 0 amide bonds. The molecule has 0 fully saturated rings. The summed E-state index contributed by atoms with van der Waals surface area (Å²) < 4.78 is 27.2. The molecule has 0 aliphatic heterocycles. The molecule has 0 spiro atoms. The third-order valence-corrected chi connectivity index (χ3v) is 5.57. The molecule has 4 aromatic carbocycles. The Morgan fingerprint density at radius 2 is 1.22 bits per heavy atom. The van der Waals surface area contributed by atoms with Gasteiger partial charge in [0.05, 0.1) is 0 Å². The molecular formula is C30H24F2. The number of allylic oxidation sites excluding steroid dienone is 1.